The second-order valence-corrected chi connectivity index (χ2v) is 5.86. The molecule has 0 spiro atoms. The summed E-state index contributed by atoms with van der Waals surface area (Å²) in [6.45, 7) is 0. The Labute approximate surface area is 152 Å². The number of fused-ring (bicyclic) bond motifs is 1. The van der Waals surface area contributed by atoms with Crippen molar-refractivity contribution in [1.29, 1.82) is 0 Å². The standard InChI is InChI=1S/C18H14ClN3O4/c1-26-18(25)13-7-6-10(8-14(13)19)20-16(23)9-15-11-4-2-3-5-12(11)17(24)22-21-15/h2-8H,9H2,1H3,(H,20,23)(H,22,24). The van der Waals surface area contributed by atoms with Crippen LogP contribution < -0.4 is 10.9 Å². The molecule has 0 aliphatic rings. The highest BCUT2D eigenvalue weighted by Gasteiger charge is 2.14. The van der Waals surface area contributed by atoms with Gasteiger partial charge < -0.3 is 10.1 Å². The van der Waals surface area contributed by atoms with Crippen molar-refractivity contribution < 1.29 is 14.3 Å². The fourth-order valence-electron chi connectivity index (χ4n) is 2.53. The summed E-state index contributed by atoms with van der Waals surface area (Å²) in [6, 6.07) is 11.4. The van der Waals surface area contributed by atoms with Crippen molar-refractivity contribution in [3.63, 3.8) is 0 Å². The lowest BCUT2D eigenvalue weighted by Gasteiger charge is -2.08. The summed E-state index contributed by atoms with van der Waals surface area (Å²) in [5, 5.41) is 10.3. The third kappa shape index (κ3) is 3.57. The van der Waals surface area contributed by atoms with E-state index in [-0.39, 0.29) is 28.5 Å². The van der Waals surface area contributed by atoms with Crippen LogP contribution in [0.25, 0.3) is 10.8 Å². The molecule has 0 saturated heterocycles. The number of benzene rings is 2. The molecule has 0 saturated carbocycles. The van der Waals surface area contributed by atoms with Gasteiger partial charge in [0.05, 0.1) is 35.2 Å². The molecule has 8 heteroatoms. The van der Waals surface area contributed by atoms with Crippen molar-refractivity contribution in [3.05, 3.63) is 69.1 Å². The lowest BCUT2D eigenvalue weighted by atomic mass is 10.1. The Morgan fingerprint density at radius 3 is 2.62 bits per heavy atom. The zero-order valence-corrected chi connectivity index (χ0v) is 14.5. The van der Waals surface area contributed by atoms with Gasteiger partial charge in [-0.25, -0.2) is 9.89 Å². The summed E-state index contributed by atoms with van der Waals surface area (Å²) in [5.41, 5.74) is 0.784. The molecule has 0 atom stereocenters. The van der Waals surface area contributed by atoms with E-state index in [1.165, 1.54) is 19.2 Å². The van der Waals surface area contributed by atoms with Crippen LogP contribution in [-0.4, -0.2) is 29.2 Å². The van der Waals surface area contributed by atoms with Crippen LogP contribution in [0.4, 0.5) is 5.69 Å². The van der Waals surface area contributed by atoms with Gasteiger partial charge >= 0.3 is 5.97 Å². The van der Waals surface area contributed by atoms with Crippen LogP contribution in [-0.2, 0) is 16.0 Å². The van der Waals surface area contributed by atoms with Gasteiger partial charge in [-0.3, -0.25) is 9.59 Å². The molecule has 0 fully saturated rings. The zero-order valence-electron chi connectivity index (χ0n) is 13.7. The van der Waals surface area contributed by atoms with E-state index in [0.29, 0.717) is 22.2 Å². The van der Waals surface area contributed by atoms with Crippen LogP contribution >= 0.6 is 11.6 Å². The van der Waals surface area contributed by atoms with Crippen LogP contribution in [0.15, 0.2) is 47.3 Å². The van der Waals surface area contributed by atoms with Crippen molar-refractivity contribution in [1.82, 2.24) is 10.2 Å². The molecule has 26 heavy (non-hydrogen) atoms. The first-order chi connectivity index (χ1) is 12.5. The van der Waals surface area contributed by atoms with Gasteiger partial charge in [0, 0.05) is 11.1 Å². The van der Waals surface area contributed by atoms with Crippen LogP contribution in [0.1, 0.15) is 16.1 Å². The number of hydrogen-bond donors (Lipinski definition) is 2. The first-order valence-corrected chi connectivity index (χ1v) is 8.01. The highest BCUT2D eigenvalue weighted by atomic mass is 35.5. The highest BCUT2D eigenvalue weighted by Crippen LogP contribution is 2.22. The number of methoxy groups -OCH3 is 1. The molecular formula is C18H14ClN3O4. The Hall–Kier alpha value is -3.19. The fourth-order valence-corrected chi connectivity index (χ4v) is 2.79. The van der Waals surface area contributed by atoms with Crippen LogP contribution in [0, 0.1) is 0 Å². The molecule has 1 heterocycles. The fraction of sp³-hybridized carbons (Fsp3) is 0.111. The maximum atomic E-state index is 12.3. The Balaban J connectivity index is 1.80. The van der Waals surface area contributed by atoms with Gasteiger partial charge in [0.2, 0.25) is 5.91 Å². The van der Waals surface area contributed by atoms with E-state index in [2.05, 4.69) is 20.3 Å². The van der Waals surface area contributed by atoms with Crippen LogP contribution in [0.3, 0.4) is 0 Å². The molecule has 0 bridgehead atoms. The number of ether oxygens (including phenoxy) is 1. The van der Waals surface area contributed by atoms with E-state index < -0.39 is 5.97 Å². The van der Waals surface area contributed by atoms with Gasteiger partial charge in [-0.2, -0.15) is 5.10 Å². The minimum absolute atomic E-state index is 0.0341. The van der Waals surface area contributed by atoms with Gasteiger partial charge in [0.15, 0.2) is 0 Å². The number of nitrogens with one attached hydrogen (secondary N) is 2. The molecule has 132 valence electrons. The van der Waals surface area contributed by atoms with Crippen molar-refractivity contribution in [3.8, 4) is 0 Å². The number of carbonyl (C=O) groups excluding carboxylic acids is 2. The lowest BCUT2D eigenvalue weighted by molar-refractivity contribution is -0.115. The normalized spacial score (nSPS) is 10.5. The number of nitrogens with zero attached hydrogens (tertiary/aromatic N) is 1. The summed E-state index contributed by atoms with van der Waals surface area (Å²) >= 11 is 6.04. The largest absolute Gasteiger partial charge is 0.465 e. The van der Waals surface area contributed by atoms with Crippen molar-refractivity contribution in [2.75, 3.05) is 12.4 Å². The summed E-state index contributed by atoms with van der Waals surface area (Å²) < 4.78 is 4.62. The summed E-state index contributed by atoms with van der Waals surface area (Å²) in [6.07, 6.45) is -0.0341. The van der Waals surface area contributed by atoms with Crippen molar-refractivity contribution in [2.24, 2.45) is 0 Å². The zero-order chi connectivity index (χ0) is 18.7. The molecule has 3 rings (SSSR count). The Kier molecular flexibility index (Phi) is 4.99. The van der Waals surface area contributed by atoms with Gasteiger partial charge in [-0.05, 0) is 24.3 Å². The second kappa shape index (κ2) is 7.37. The maximum Gasteiger partial charge on any atom is 0.339 e. The van der Waals surface area contributed by atoms with Gasteiger partial charge in [0.25, 0.3) is 5.56 Å². The molecule has 0 aliphatic heterocycles. The third-order valence-electron chi connectivity index (χ3n) is 3.76. The SMILES string of the molecule is COC(=O)c1ccc(NC(=O)Cc2n[nH]c(=O)c3ccccc23)cc1Cl. The van der Waals surface area contributed by atoms with E-state index in [0.717, 1.165) is 0 Å². The topological polar surface area (TPSA) is 101 Å². The number of carbonyl (C=O) groups is 2. The second-order valence-electron chi connectivity index (χ2n) is 5.46. The maximum absolute atomic E-state index is 12.3. The summed E-state index contributed by atoms with van der Waals surface area (Å²) in [7, 11) is 1.26. The van der Waals surface area contributed by atoms with Gasteiger partial charge in [-0.15, -0.1) is 0 Å². The molecular weight excluding hydrogens is 358 g/mol. The number of esters is 1. The number of anilines is 1. The Morgan fingerprint density at radius 2 is 1.92 bits per heavy atom. The molecule has 0 unspecified atom stereocenters. The van der Waals surface area contributed by atoms with Crippen LogP contribution in [0.2, 0.25) is 5.02 Å². The number of aromatic amines is 1. The quantitative estimate of drug-likeness (QED) is 0.686. The minimum Gasteiger partial charge on any atom is -0.465 e. The average molecular weight is 372 g/mol. The molecule has 0 aliphatic carbocycles. The number of H-pyrrole nitrogens is 1. The van der Waals surface area contributed by atoms with E-state index in [9.17, 15) is 14.4 Å². The molecule has 2 N–H and O–H groups in total. The number of halogens is 1. The number of aromatic nitrogens is 2. The van der Waals surface area contributed by atoms with E-state index in [1.54, 1.807) is 30.3 Å². The lowest BCUT2D eigenvalue weighted by Crippen LogP contribution is -2.18. The van der Waals surface area contributed by atoms with Crippen molar-refractivity contribution in [2.45, 2.75) is 6.42 Å². The third-order valence-corrected chi connectivity index (χ3v) is 4.07. The monoisotopic (exact) mass is 371 g/mol. The molecule has 1 amide bonds. The van der Waals surface area contributed by atoms with E-state index in [1.807, 2.05) is 0 Å². The average Bonchev–Trinajstić information content (AvgIpc) is 2.64. The predicted octanol–water partition coefficient (Wildman–Crippen LogP) is 2.54. The molecule has 7 nitrogen and oxygen atoms in total. The first-order valence-electron chi connectivity index (χ1n) is 7.63. The molecule has 3 aromatic rings. The van der Waals surface area contributed by atoms with Crippen molar-refractivity contribution >= 4 is 39.9 Å². The highest BCUT2D eigenvalue weighted by molar-refractivity contribution is 6.34. The predicted molar refractivity (Wildman–Crippen MR) is 97.5 cm³/mol. The molecule has 0 radical (unpaired) electrons. The summed E-state index contributed by atoms with van der Waals surface area (Å²) in [5.74, 6) is -0.895. The summed E-state index contributed by atoms with van der Waals surface area (Å²) in [4.78, 5) is 35.6. The van der Waals surface area contributed by atoms with Crippen LogP contribution in [0.5, 0.6) is 0 Å². The Bertz CT molecular complexity index is 1060. The van der Waals surface area contributed by atoms with E-state index in [4.69, 9.17) is 11.6 Å². The number of hydrogen-bond acceptors (Lipinski definition) is 5. The number of amides is 1. The molecule has 1 aromatic heterocycles. The molecule has 2 aromatic carbocycles. The van der Waals surface area contributed by atoms with Gasteiger partial charge in [0.1, 0.15) is 0 Å². The first kappa shape index (κ1) is 17.6. The van der Waals surface area contributed by atoms with E-state index >= 15 is 0 Å². The Morgan fingerprint density at radius 1 is 1.19 bits per heavy atom. The minimum atomic E-state index is -0.559. The smallest absolute Gasteiger partial charge is 0.339 e. The van der Waals surface area contributed by atoms with Gasteiger partial charge in [-0.1, -0.05) is 29.8 Å². The number of rotatable bonds is 4.